The van der Waals surface area contributed by atoms with Gasteiger partial charge in [0.15, 0.2) is 0 Å². The number of nitrogens with one attached hydrogen (secondary N) is 1. The number of hydrogen-bond donors (Lipinski definition) is 3. The molecule has 30 heavy (non-hydrogen) atoms. The number of fused-ring (bicyclic) bond motifs is 2. The van der Waals surface area contributed by atoms with E-state index in [0.29, 0.717) is 53.3 Å². The molecule has 2 aliphatic rings. The molecule has 0 amide bonds. The number of hydrogen-bond acceptors (Lipinski definition) is 6. The Balaban J connectivity index is 1.46. The van der Waals surface area contributed by atoms with Crippen molar-refractivity contribution >= 4 is 34.2 Å². The van der Waals surface area contributed by atoms with Gasteiger partial charge in [-0.05, 0) is 30.7 Å². The smallest absolute Gasteiger partial charge is 0.146 e. The molecule has 0 saturated heterocycles. The lowest BCUT2D eigenvalue weighted by molar-refractivity contribution is -0.0166. The molecule has 2 aromatic heterocycles. The molecule has 1 fully saturated rings. The third-order valence-electron chi connectivity index (χ3n) is 5.94. The van der Waals surface area contributed by atoms with Crippen molar-refractivity contribution in [2.75, 3.05) is 6.54 Å². The minimum absolute atomic E-state index is 0.218. The highest BCUT2D eigenvalue weighted by molar-refractivity contribution is 6.41. The van der Waals surface area contributed by atoms with E-state index in [0.717, 1.165) is 5.56 Å². The Morgan fingerprint density at radius 1 is 1.17 bits per heavy atom. The normalized spacial score (nSPS) is 26.2. The first kappa shape index (κ1) is 20.0. The van der Waals surface area contributed by atoms with E-state index in [-0.39, 0.29) is 11.0 Å². The summed E-state index contributed by atoms with van der Waals surface area (Å²) in [7, 11) is 0. The summed E-state index contributed by atoms with van der Waals surface area (Å²) in [6.45, 7) is 1.19. The van der Waals surface area contributed by atoms with Gasteiger partial charge in [-0.2, -0.15) is 0 Å². The fraction of sp³-hybridized carbons (Fsp3) is 0.400. The molecule has 7 nitrogen and oxygen atoms in total. The van der Waals surface area contributed by atoms with Crippen LogP contribution in [0.4, 0.5) is 4.39 Å². The second-order valence-corrected chi connectivity index (χ2v) is 8.38. The Bertz CT molecular complexity index is 1130. The van der Waals surface area contributed by atoms with Crippen LogP contribution < -0.4 is 10.1 Å². The Morgan fingerprint density at radius 2 is 2.00 bits per heavy atom. The van der Waals surface area contributed by atoms with Gasteiger partial charge in [0, 0.05) is 24.7 Å². The molecule has 5 rings (SSSR count). The molecular weight excluding hydrogens is 434 g/mol. The Morgan fingerprint density at radius 3 is 2.83 bits per heavy atom. The van der Waals surface area contributed by atoms with Gasteiger partial charge in [0.25, 0.3) is 0 Å². The average molecular weight is 453 g/mol. The topological polar surface area (TPSA) is 92.4 Å². The van der Waals surface area contributed by atoms with E-state index in [1.165, 1.54) is 12.4 Å². The van der Waals surface area contributed by atoms with Gasteiger partial charge in [0.1, 0.15) is 47.0 Å². The first-order valence-electron chi connectivity index (χ1n) is 9.66. The molecule has 10 heteroatoms. The molecule has 0 radical (unpaired) electrons. The summed E-state index contributed by atoms with van der Waals surface area (Å²) in [6, 6.07) is 2.43. The van der Waals surface area contributed by atoms with E-state index < -0.39 is 24.4 Å². The maximum Gasteiger partial charge on any atom is 0.146 e. The fourth-order valence-electron chi connectivity index (χ4n) is 4.42. The van der Waals surface area contributed by atoms with Crippen molar-refractivity contribution in [3.63, 3.8) is 0 Å². The highest BCUT2D eigenvalue weighted by atomic mass is 35.5. The molecule has 1 aromatic carbocycles. The van der Waals surface area contributed by atoms with Crippen molar-refractivity contribution in [1.82, 2.24) is 19.9 Å². The molecule has 3 heterocycles. The Kier molecular flexibility index (Phi) is 5.07. The predicted octanol–water partition coefficient (Wildman–Crippen LogP) is 2.64. The molecule has 158 valence electrons. The van der Waals surface area contributed by atoms with E-state index in [2.05, 4.69) is 15.3 Å². The van der Waals surface area contributed by atoms with Gasteiger partial charge in [-0.3, -0.25) is 0 Å². The maximum absolute atomic E-state index is 14.2. The van der Waals surface area contributed by atoms with Crippen LogP contribution in [0.15, 0.2) is 24.7 Å². The maximum atomic E-state index is 14.2. The number of aromatic nitrogens is 3. The number of rotatable bonds is 3. The van der Waals surface area contributed by atoms with Gasteiger partial charge < -0.3 is 24.8 Å². The standard InChI is InChI=1S/C20H19Cl2FN4O3/c21-11-7-27(20-16(11)19(22)25-8-26-20)13-5-15(18(29)17(13)28)30-14-2-1-12(23)9-3-4-24-6-10(9)14/h1-2,7-8,13,15,17-18,24,28-29H,3-6H2/t13-,15+,17+,18-/m1/s1. The Hall–Kier alpha value is -1.97. The minimum atomic E-state index is -1.14. The number of benzene rings is 1. The van der Waals surface area contributed by atoms with E-state index in [1.807, 2.05) is 0 Å². The van der Waals surface area contributed by atoms with Gasteiger partial charge in [-0.15, -0.1) is 0 Å². The monoisotopic (exact) mass is 452 g/mol. The van der Waals surface area contributed by atoms with Gasteiger partial charge in [0.2, 0.25) is 0 Å². The zero-order valence-corrected chi connectivity index (χ0v) is 17.2. The van der Waals surface area contributed by atoms with Crippen molar-refractivity contribution in [1.29, 1.82) is 0 Å². The first-order valence-corrected chi connectivity index (χ1v) is 10.4. The van der Waals surface area contributed by atoms with Crippen molar-refractivity contribution in [2.24, 2.45) is 0 Å². The van der Waals surface area contributed by atoms with E-state index in [1.54, 1.807) is 16.8 Å². The lowest BCUT2D eigenvalue weighted by atomic mass is 9.99. The molecule has 0 unspecified atom stereocenters. The summed E-state index contributed by atoms with van der Waals surface area (Å²) in [6.07, 6.45) is 0.899. The molecule has 3 aromatic rings. The quantitative estimate of drug-likeness (QED) is 0.529. The molecule has 0 spiro atoms. The van der Waals surface area contributed by atoms with Crippen LogP contribution in [0.2, 0.25) is 10.2 Å². The summed E-state index contributed by atoms with van der Waals surface area (Å²) in [4.78, 5) is 8.19. The summed E-state index contributed by atoms with van der Waals surface area (Å²) < 4.78 is 21.9. The summed E-state index contributed by atoms with van der Waals surface area (Å²) >= 11 is 12.4. The molecule has 0 bridgehead atoms. The predicted molar refractivity (Wildman–Crippen MR) is 109 cm³/mol. The summed E-state index contributed by atoms with van der Waals surface area (Å²) in [5, 5.41) is 25.7. The lowest BCUT2D eigenvalue weighted by Crippen LogP contribution is -2.35. The highest BCUT2D eigenvalue weighted by Crippen LogP contribution is 2.40. The van der Waals surface area contributed by atoms with Gasteiger partial charge >= 0.3 is 0 Å². The summed E-state index contributed by atoms with van der Waals surface area (Å²) in [5.41, 5.74) is 1.85. The highest BCUT2D eigenvalue weighted by Gasteiger charge is 2.45. The fourth-order valence-corrected chi connectivity index (χ4v) is 4.98. The third kappa shape index (κ3) is 3.14. The molecule has 1 aliphatic carbocycles. The number of nitrogens with zero attached hydrogens (tertiary/aromatic N) is 3. The van der Waals surface area contributed by atoms with Crippen LogP contribution in [-0.2, 0) is 13.0 Å². The van der Waals surface area contributed by atoms with E-state index >= 15 is 0 Å². The van der Waals surface area contributed by atoms with Crippen LogP contribution >= 0.6 is 23.2 Å². The van der Waals surface area contributed by atoms with Crippen LogP contribution in [0.25, 0.3) is 11.0 Å². The summed E-state index contributed by atoms with van der Waals surface area (Å²) in [5.74, 6) is 0.255. The second kappa shape index (κ2) is 7.62. The molecule has 1 aliphatic heterocycles. The molecular formula is C20H19Cl2FN4O3. The van der Waals surface area contributed by atoms with Crippen molar-refractivity contribution in [3.05, 3.63) is 51.8 Å². The number of aliphatic hydroxyl groups excluding tert-OH is 2. The molecule has 4 atom stereocenters. The van der Waals surface area contributed by atoms with Gasteiger partial charge in [-0.1, -0.05) is 23.2 Å². The first-order chi connectivity index (χ1) is 14.5. The van der Waals surface area contributed by atoms with Crippen LogP contribution in [-0.4, -0.2) is 49.6 Å². The van der Waals surface area contributed by atoms with Crippen LogP contribution in [0.1, 0.15) is 23.6 Å². The molecule has 1 saturated carbocycles. The zero-order valence-electron chi connectivity index (χ0n) is 15.7. The van der Waals surface area contributed by atoms with Crippen molar-refractivity contribution in [2.45, 2.75) is 43.7 Å². The largest absolute Gasteiger partial charge is 0.487 e. The lowest BCUT2D eigenvalue weighted by Gasteiger charge is -2.24. The van der Waals surface area contributed by atoms with Crippen LogP contribution in [0.3, 0.4) is 0 Å². The minimum Gasteiger partial charge on any atom is -0.487 e. The number of aliphatic hydroxyl groups is 2. The van der Waals surface area contributed by atoms with E-state index in [4.69, 9.17) is 27.9 Å². The van der Waals surface area contributed by atoms with Crippen LogP contribution in [0.5, 0.6) is 5.75 Å². The number of ether oxygens (including phenoxy) is 1. The van der Waals surface area contributed by atoms with Gasteiger partial charge in [-0.25, -0.2) is 14.4 Å². The van der Waals surface area contributed by atoms with Crippen LogP contribution in [0, 0.1) is 5.82 Å². The number of halogens is 3. The van der Waals surface area contributed by atoms with Gasteiger partial charge in [0.05, 0.1) is 16.5 Å². The zero-order chi connectivity index (χ0) is 21.0. The molecule has 3 N–H and O–H groups in total. The van der Waals surface area contributed by atoms with Crippen molar-refractivity contribution in [3.8, 4) is 5.75 Å². The SMILES string of the molecule is O[C@@H]1[C@H](O)[C@@H](Oc2ccc(F)c3c2CNCC3)C[C@H]1n1cc(Cl)c2c(Cl)ncnc21. The second-order valence-electron chi connectivity index (χ2n) is 7.62. The van der Waals surface area contributed by atoms with E-state index in [9.17, 15) is 14.6 Å². The van der Waals surface area contributed by atoms with Crippen molar-refractivity contribution < 1.29 is 19.3 Å². The third-order valence-corrected chi connectivity index (χ3v) is 6.51. The average Bonchev–Trinajstić information content (AvgIpc) is 3.22. The Labute approximate surface area is 181 Å².